The van der Waals surface area contributed by atoms with Gasteiger partial charge in [0.25, 0.3) is 0 Å². The highest BCUT2D eigenvalue weighted by atomic mass is 16.5. The molecule has 0 saturated carbocycles. The van der Waals surface area contributed by atoms with Crippen molar-refractivity contribution in [2.75, 3.05) is 26.9 Å². The highest BCUT2D eigenvalue weighted by Crippen LogP contribution is 2.06. The Hall–Kier alpha value is -0.410. The van der Waals surface area contributed by atoms with Gasteiger partial charge in [-0.05, 0) is 12.8 Å². The Morgan fingerprint density at radius 1 is 1.29 bits per heavy atom. The van der Waals surface area contributed by atoms with Crippen molar-refractivity contribution in [3.05, 3.63) is 0 Å². The van der Waals surface area contributed by atoms with Crippen molar-refractivity contribution >= 4 is 5.78 Å². The first-order valence-electron chi connectivity index (χ1n) is 5.31. The number of hydrogen-bond acceptors (Lipinski definition) is 3. The maximum Gasteiger partial charge on any atom is 0.138 e. The van der Waals surface area contributed by atoms with Crippen LogP contribution >= 0.6 is 0 Å². The highest BCUT2D eigenvalue weighted by Gasteiger charge is 2.11. The van der Waals surface area contributed by atoms with Crippen LogP contribution in [0.25, 0.3) is 0 Å². The second-order valence-electron chi connectivity index (χ2n) is 3.51. The summed E-state index contributed by atoms with van der Waals surface area (Å²) < 4.78 is 10.2. The van der Waals surface area contributed by atoms with Gasteiger partial charge in [-0.2, -0.15) is 0 Å². The quantitative estimate of drug-likeness (QED) is 0.537. The molecule has 0 radical (unpaired) electrons. The van der Waals surface area contributed by atoms with E-state index in [1.807, 2.05) is 6.92 Å². The van der Waals surface area contributed by atoms with E-state index in [2.05, 4.69) is 6.92 Å². The lowest BCUT2D eigenvalue weighted by Gasteiger charge is -2.09. The van der Waals surface area contributed by atoms with Gasteiger partial charge in [0.1, 0.15) is 5.78 Å². The summed E-state index contributed by atoms with van der Waals surface area (Å²) in [6.07, 6.45) is 2.35. The lowest BCUT2D eigenvalue weighted by Crippen LogP contribution is -2.15. The van der Waals surface area contributed by atoms with Crippen LogP contribution in [-0.4, -0.2) is 32.7 Å². The van der Waals surface area contributed by atoms with Gasteiger partial charge >= 0.3 is 0 Å². The lowest BCUT2D eigenvalue weighted by atomic mass is 10.0. The molecule has 0 aromatic heterocycles. The lowest BCUT2D eigenvalue weighted by molar-refractivity contribution is -0.124. The fourth-order valence-corrected chi connectivity index (χ4v) is 1.12. The SMILES string of the molecule is CCCOCCC(=O)C(C)CCOC. The van der Waals surface area contributed by atoms with Gasteiger partial charge in [-0.3, -0.25) is 4.79 Å². The summed E-state index contributed by atoms with van der Waals surface area (Å²) >= 11 is 0. The summed E-state index contributed by atoms with van der Waals surface area (Å²) in [5.74, 6) is 0.373. The molecule has 0 N–H and O–H groups in total. The molecule has 0 fully saturated rings. The molecular weight excluding hydrogens is 180 g/mol. The van der Waals surface area contributed by atoms with E-state index in [-0.39, 0.29) is 11.7 Å². The van der Waals surface area contributed by atoms with Gasteiger partial charge in [0.05, 0.1) is 6.61 Å². The molecule has 0 rings (SSSR count). The summed E-state index contributed by atoms with van der Waals surface area (Å²) in [4.78, 5) is 11.5. The summed E-state index contributed by atoms with van der Waals surface area (Å²) in [5.41, 5.74) is 0. The van der Waals surface area contributed by atoms with Crippen LogP contribution in [-0.2, 0) is 14.3 Å². The van der Waals surface area contributed by atoms with Crippen LogP contribution in [0, 0.1) is 5.92 Å². The monoisotopic (exact) mass is 202 g/mol. The average Bonchev–Trinajstić information content (AvgIpc) is 2.20. The zero-order chi connectivity index (χ0) is 10.8. The van der Waals surface area contributed by atoms with E-state index < -0.39 is 0 Å². The molecule has 0 spiro atoms. The molecule has 0 aliphatic rings. The minimum Gasteiger partial charge on any atom is -0.385 e. The number of hydrogen-bond donors (Lipinski definition) is 0. The minimum atomic E-state index is 0.0974. The maximum absolute atomic E-state index is 11.5. The third-order valence-electron chi connectivity index (χ3n) is 2.15. The van der Waals surface area contributed by atoms with Crippen LogP contribution in [0.15, 0.2) is 0 Å². The molecule has 0 saturated heterocycles. The van der Waals surface area contributed by atoms with Crippen LogP contribution < -0.4 is 0 Å². The highest BCUT2D eigenvalue weighted by molar-refractivity contribution is 5.80. The van der Waals surface area contributed by atoms with E-state index in [0.29, 0.717) is 19.6 Å². The molecule has 14 heavy (non-hydrogen) atoms. The van der Waals surface area contributed by atoms with Gasteiger partial charge in [-0.25, -0.2) is 0 Å². The first-order chi connectivity index (χ1) is 6.72. The summed E-state index contributed by atoms with van der Waals surface area (Å²) in [5, 5.41) is 0. The van der Waals surface area contributed by atoms with Crippen LogP contribution in [0.4, 0.5) is 0 Å². The largest absolute Gasteiger partial charge is 0.385 e. The van der Waals surface area contributed by atoms with Crippen LogP contribution in [0.2, 0.25) is 0 Å². The Bertz CT molecular complexity index is 145. The number of methoxy groups -OCH3 is 1. The van der Waals surface area contributed by atoms with Crippen molar-refractivity contribution in [1.29, 1.82) is 0 Å². The number of rotatable bonds is 9. The fourth-order valence-electron chi connectivity index (χ4n) is 1.12. The molecule has 0 heterocycles. The number of carbonyl (C=O) groups excluding carboxylic acids is 1. The van der Waals surface area contributed by atoms with Crippen molar-refractivity contribution in [3.8, 4) is 0 Å². The van der Waals surface area contributed by atoms with Crippen molar-refractivity contribution in [1.82, 2.24) is 0 Å². The molecule has 0 aliphatic heterocycles. The number of ether oxygens (including phenoxy) is 2. The zero-order valence-electron chi connectivity index (χ0n) is 9.54. The smallest absolute Gasteiger partial charge is 0.138 e. The standard InChI is InChI=1S/C11H22O3/c1-4-7-14-9-6-11(12)10(2)5-8-13-3/h10H,4-9H2,1-3H3. The van der Waals surface area contributed by atoms with E-state index in [1.54, 1.807) is 7.11 Å². The molecule has 0 amide bonds. The number of ketones is 1. The number of carbonyl (C=O) groups is 1. The molecular formula is C11H22O3. The van der Waals surface area contributed by atoms with Crippen molar-refractivity contribution in [3.63, 3.8) is 0 Å². The van der Waals surface area contributed by atoms with Crippen LogP contribution in [0.3, 0.4) is 0 Å². The minimum absolute atomic E-state index is 0.0974. The Morgan fingerprint density at radius 2 is 2.00 bits per heavy atom. The predicted molar refractivity (Wildman–Crippen MR) is 56.4 cm³/mol. The predicted octanol–water partition coefficient (Wildman–Crippen LogP) is 2.04. The second-order valence-corrected chi connectivity index (χ2v) is 3.51. The fraction of sp³-hybridized carbons (Fsp3) is 0.909. The van der Waals surface area contributed by atoms with E-state index >= 15 is 0 Å². The third kappa shape index (κ3) is 7.04. The third-order valence-corrected chi connectivity index (χ3v) is 2.15. The molecule has 0 aromatic carbocycles. The Kier molecular flexibility index (Phi) is 8.89. The molecule has 1 unspecified atom stereocenters. The van der Waals surface area contributed by atoms with Crippen molar-refractivity contribution < 1.29 is 14.3 Å². The molecule has 3 heteroatoms. The van der Waals surface area contributed by atoms with Crippen LogP contribution in [0.1, 0.15) is 33.1 Å². The molecule has 0 bridgehead atoms. The summed E-state index contributed by atoms with van der Waals surface area (Å²) in [6, 6.07) is 0. The average molecular weight is 202 g/mol. The molecule has 84 valence electrons. The van der Waals surface area contributed by atoms with E-state index in [1.165, 1.54) is 0 Å². The maximum atomic E-state index is 11.5. The topological polar surface area (TPSA) is 35.5 Å². The van der Waals surface area contributed by atoms with Crippen molar-refractivity contribution in [2.45, 2.75) is 33.1 Å². The Balaban J connectivity index is 3.42. The van der Waals surface area contributed by atoms with Gasteiger partial charge in [-0.15, -0.1) is 0 Å². The van der Waals surface area contributed by atoms with Gasteiger partial charge in [-0.1, -0.05) is 13.8 Å². The van der Waals surface area contributed by atoms with Gasteiger partial charge in [0.15, 0.2) is 0 Å². The first kappa shape index (κ1) is 13.6. The van der Waals surface area contributed by atoms with E-state index in [4.69, 9.17) is 9.47 Å². The normalized spacial score (nSPS) is 12.8. The summed E-state index contributed by atoms with van der Waals surface area (Å²) in [7, 11) is 1.65. The van der Waals surface area contributed by atoms with Gasteiger partial charge < -0.3 is 9.47 Å². The van der Waals surface area contributed by atoms with Crippen molar-refractivity contribution in [2.24, 2.45) is 5.92 Å². The molecule has 0 aromatic rings. The second kappa shape index (κ2) is 9.16. The Labute approximate surface area is 86.8 Å². The zero-order valence-corrected chi connectivity index (χ0v) is 9.54. The van der Waals surface area contributed by atoms with Crippen LogP contribution in [0.5, 0.6) is 0 Å². The van der Waals surface area contributed by atoms with E-state index in [9.17, 15) is 4.79 Å². The summed E-state index contributed by atoms with van der Waals surface area (Å²) in [6.45, 7) is 5.97. The molecule has 0 aliphatic carbocycles. The first-order valence-corrected chi connectivity index (χ1v) is 5.31. The Morgan fingerprint density at radius 3 is 2.57 bits per heavy atom. The van der Waals surface area contributed by atoms with E-state index in [0.717, 1.165) is 19.4 Å². The molecule has 3 nitrogen and oxygen atoms in total. The van der Waals surface area contributed by atoms with Gasteiger partial charge in [0.2, 0.25) is 0 Å². The molecule has 1 atom stereocenters. The number of Topliss-reactive ketones (excluding diaryl/α,β-unsaturated/α-hetero) is 1. The van der Waals surface area contributed by atoms with Gasteiger partial charge in [0, 0.05) is 32.7 Å².